The molecule has 0 aliphatic carbocycles. The molecule has 1 aliphatic heterocycles. The van der Waals surface area contributed by atoms with Gasteiger partial charge in [0.25, 0.3) is 0 Å². The number of likely N-dealkylation sites (N-methyl/N-ethyl adjacent to an activating group) is 1. The number of morpholine rings is 1. The van der Waals surface area contributed by atoms with Crippen molar-refractivity contribution in [3.8, 4) is 0 Å². The van der Waals surface area contributed by atoms with E-state index in [-0.39, 0.29) is 30.5 Å². The summed E-state index contributed by atoms with van der Waals surface area (Å²) in [6, 6.07) is 7.75. The monoisotopic (exact) mass is 362 g/mol. The molecule has 6 heteroatoms. The molecule has 2 atom stereocenters. The third-order valence-electron chi connectivity index (χ3n) is 3.27. The number of rotatable bonds is 3. The number of nitrogens with one attached hydrogen (secondary N) is 1. The Kier molecular flexibility index (Phi) is 6.95. The third kappa shape index (κ3) is 4.45. The van der Waals surface area contributed by atoms with E-state index in [1.807, 2.05) is 38.2 Å². The lowest BCUT2D eigenvalue weighted by atomic mass is 10.1. The minimum Gasteiger partial charge on any atom is -0.375 e. The van der Waals surface area contributed by atoms with E-state index in [0.29, 0.717) is 13.2 Å². The summed E-state index contributed by atoms with van der Waals surface area (Å²) >= 11 is 3.44. The van der Waals surface area contributed by atoms with E-state index in [4.69, 9.17) is 4.74 Å². The van der Waals surface area contributed by atoms with E-state index >= 15 is 0 Å². The van der Waals surface area contributed by atoms with E-state index in [1.54, 1.807) is 4.90 Å². The molecule has 20 heavy (non-hydrogen) atoms. The van der Waals surface area contributed by atoms with Crippen LogP contribution in [-0.4, -0.2) is 43.2 Å². The summed E-state index contributed by atoms with van der Waals surface area (Å²) in [5.74, 6) is 0.0761. The van der Waals surface area contributed by atoms with Crippen LogP contribution in [0.5, 0.6) is 0 Å². The first-order valence-electron chi connectivity index (χ1n) is 6.42. The van der Waals surface area contributed by atoms with Gasteiger partial charge in [-0.3, -0.25) is 4.79 Å². The Morgan fingerprint density at radius 2 is 2.30 bits per heavy atom. The first kappa shape index (κ1) is 17.4. The molecule has 0 unspecified atom stereocenters. The zero-order valence-electron chi connectivity index (χ0n) is 11.6. The predicted octanol–water partition coefficient (Wildman–Crippen LogP) is 2.21. The Labute approximate surface area is 134 Å². The fraction of sp³-hybridized carbons (Fsp3) is 0.500. The van der Waals surface area contributed by atoms with Crippen LogP contribution in [0.3, 0.4) is 0 Å². The number of nitrogens with zero attached hydrogens (tertiary/aromatic N) is 1. The molecular weight excluding hydrogens is 344 g/mol. The van der Waals surface area contributed by atoms with Crippen LogP contribution in [0.1, 0.15) is 12.5 Å². The number of hydrogen-bond donors (Lipinski definition) is 1. The van der Waals surface area contributed by atoms with Crippen LogP contribution in [0.25, 0.3) is 0 Å². The normalized spacial score (nSPS) is 21.9. The Morgan fingerprint density at radius 1 is 1.55 bits per heavy atom. The van der Waals surface area contributed by atoms with Crippen LogP contribution in [0, 0.1) is 0 Å². The molecular formula is C14H20BrClN2O2. The molecule has 1 saturated heterocycles. The van der Waals surface area contributed by atoms with Crippen molar-refractivity contribution < 1.29 is 9.53 Å². The van der Waals surface area contributed by atoms with Crippen LogP contribution in [-0.2, 0) is 16.1 Å². The van der Waals surface area contributed by atoms with Crippen molar-refractivity contribution in [1.29, 1.82) is 0 Å². The molecule has 1 aromatic rings. The third-order valence-corrected chi connectivity index (χ3v) is 3.76. The van der Waals surface area contributed by atoms with Crippen LogP contribution in [0.2, 0.25) is 0 Å². The average molecular weight is 364 g/mol. The topological polar surface area (TPSA) is 41.6 Å². The summed E-state index contributed by atoms with van der Waals surface area (Å²) in [5.41, 5.74) is 1.11. The molecule has 1 amide bonds. The Morgan fingerprint density at radius 3 is 2.95 bits per heavy atom. The van der Waals surface area contributed by atoms with Crippen molar-refractivity contribution in [3.05, 3.63) is 34.3 Å². The van der Waals surface area contributed by atoms with Gasteiger partial charge < -0.3 is 15.0 Å². The first-order valence-corrected chi connectivity index (χ1v) is 7.21. The lowest BCUT2D eigenvalue weighted by Gasteiger charge is -2.32. The Hall–Kier alpha value is -0.620. The first-order chi connectivity index (χ1) is 9.08. The second-order valence-electron chi connectivity index (χ2n) is 4.83. The van der Waals surface area contributed by atoms with Gasteiger partial charge in [0.2, 0.25) is 5.91 Å². The minimum absolute atomic E-state index is 0. The van der Waals surface area contributed by atoms with Gasteiger partial charge in [-0.25, -0.2) is 0 Å². The van der Waals surface area contributed by atoms with Gasteiger partial charge in [0, 0.05) is 24.6 Å². The van der Waals surface area contributed by atoms with Crippen LogP contribution in [0.15, 0.2) is 28.7 Å². The molecule has 0 aromatic heterocycles. The summed E-state index contributed by atoms with van der Waals surface area (Å²) in [6.07, 6.45) is -0.0776. The number of carbonyl (C=O) groups is 1. The van der Waals surface area contributed by atoms with Crippen molar-refractivity contribution in [2.75, 3.05) is 20.2 Å². The Bertz CT molecular complexity index is 459. The number of benzene rings is 1. The molecule has 112 valence electrons. The molecule has 0 bridgehead atoms. The lowest BCUT2D eigenvalue weighted by Crippen LogP contribution is -2.55. The van der Waals surface area contributed by atoms with E-state index in [9.17, 15) is 4.79 Å². The molecule has 1 aromatic carbocycles. The zero-order valence-corrected chi connectivity index (χ0v) is 14.0. The summed E-state index contributed by atoms with van der Waals surface area (Å²) in [4.78, 5) is 14.1. The molecule has 0 spiro atoms. The van der Waals surface area contributed by atoms with Gasteiger partial charge in [-0.05, 0) is 24.6 Å². The fourth-order valence-electron chi connectivity index (χ4n) is 2.23. The fourth-order valence-corrected chi connectivity index (χ4v) is 2.68. The highest BCUT2D eigenvalue weighted by molar-refractivity contribution is 9.10. The van der Waals surface area contributed by atoms with Crippen molar-refractivity contribution in [2.24, 2.45) is 0 Å². The van der Waals surface area contributed by atoms with Crippen LogP contribution < -0.4 is 5.32 Å². The second kappa shape index (κ2) is 7.98. The van der Waals surface area contributed by atoms with E-state index < -0.39 is 0 Å². The summed E-state index contributed by atoms with van der Waals surface area (Å²) in [7, 11) is 1.83. The molecule has 2 rings (SSSR count). The summed E-state index contributed by atoms with van der Waals surface area (Å²) in [5, 5.41) is 3.22. The molecule has 1 heterocycles. The maximum Gasteiger partial charge on any atom is 0.242 e. The molecule has 1 aliphatic rings. The van der Waals surface area contributed by atoms with Gasteiger partial charge in [-0.2, -0.15) is 0 Å². The molecule has 4 nitrogen and oxygen atoms in total. The maximum absolute atomic E-state index is 12.4. The second-order valence-corrected chi connectivity index (χ2v) is 5.75. The summed E-state index contributed by atoms with van der Waals surface area (Å²) in [6.45, 7) is 3.93. The molecule has 0 radical (unpaired) electrons. The van der Waals surface area contributed by atoms with Gasteiger partial charge in [0.1, 0.15) is 6.04 Å². The molecule has 0 saturated carbocycles. The number of hydrogen-bond acceptors (Lipinski definition) is 3. The SMILES string of the molecule is C[C@H]1OCCN[C@@H]1C(=O)N(C)Cc1cccc(Br)c1.Cl. The maximum atomic E-state index is 12.4. The standard InChI is InChI=1S/C14H19BrN2O2.ClH/c1-10-13(16-6-7-19-10)14(18)17(2)9-11-4-3-5-12(15)8-11;/h3-5,8,10,13,16H,6-7,9H2,1-2H3;1H/t10-,13+;/m1./s1. The van der Waals surface area contributed by atoms with Gasteiger partial charge >= 0.3 is 0 Å². The number of amides is 1. The van der Waals surface area contributed by atoms with E-state index in [1.165, 1.54) is 0 Å². The lowest BCUT2D eigenvalue weighted by molar-refractivity contribution is -0.138. The minimum atomic E-state index is -0.245. The van der Waals surface area contributed by atoms with Crippen molar-refractivity contribution in [2.45, 2.75) is 25.6 Å². The average Bonchev–Trinajstić information content (AvgIpc) is 2.38. The number of carbonyl (C=O) groups excluding carboxylic acids is 1. The Balaban J connectivity index is 0.00000200. The number of ether oxygens (including phenoxy) is 1. The highest BCUT2D eigenvalue weighted by atomic mass is 79.9. The van der Waals surface area contributed by atoms with Crippen molar-refractivity contribution in [1.82, 2.24) is 10.2 Å². The molecule has 1 fully saturated rings. The number of halogens is 2. The quantitative estimate of drug-likeness (QED) is 0.895. The van der Waals surface area contributed by atoms with Gasteiger partial charge in [-0.1, -0.05) is 28.1 Å². The summed E-state index contributed by atoms with van der Waals surface area (Å²) < 4.78 is 6.54. The van der Waals surface area contributed by atoms with E-state index in [0.717, 1.165) is 16.6 Å². The van der Waals surface area contributed by atoms with Gasteiger partial charge in [0.05, 0.1) is 12.7 Å². The van der Waals surface area contributed by atoms with Crippen molar-refractivity contribution >= 4 is 34.2 Å². The van der Waals surface area contributed by atoms with Crippen LogP contribution in [0.4, 0.5) is 0 Å². The zero-order chi connectivity index (χ0) is 13.8. The van der Waals surface area contributed by atoms with Crippen LogP contribution >= 0.6 is 28.3 Å². The predicted molar refractivity (Wildman–Crippen MR) is 85.1 cm³/mol. The van der Waals surface area contributed by atoms with Gasteiger partial charge in [-0.15, -0.1) is 12.4 Å². The largest absolute Gasteiger partial charge is 0.375 e. The van der Waals surface area contributed by atoms with Gasteiger partial charge in [0.15, 0.2) is 0 Å². The highest BCUT2D eigenvalue weighted by Crippen LogP contribution is 2.14. The van der Waals surface area contributed by atoms with Crippen molar-refractivity contribution in [3.63, 3.8) is 0 Å². The smallest absolute Gasteiger partial charge is 0.242 e. The molecule has 1 N–H and O–H groups in total. The van der Waals surface area contributed by atoms with E-state index in [2.05, 4.69) is 21.2 Å². The highest BCUT2D eigenvalue weighted by Gasteiger charge is 2.30.